The molecule has 0 aliphatic carbocycles. The van der Waals surface area contributed by atoms with Gasteiger partial charge < -0.3 is 0 Å². The second-order valence-electron chi connectivity index (χ2n) is 3.29. The summed E-state index contributed by atoms with van der Waals surface area (Å²) in [6, 6.07) is 9.64. The monoisotopic (exact) mass is 229 g/mol. The van der Waals surface area contributed by atoms with Crippen LogP contribution < -0.4 is 4.87 Å². The second-order valence-corrected chi connectivity index (χ2v) is 4.26. The molecule has 2 aromatic heterocycles. The fraction of sp³-hybridized carbons (Fsp3) is 0. The van der Waals surface area contributed by atoms with Crippen LogP contribution in [0.1, 0.15) is 0 Å². The van der Waals surface area contributed by atoms with Crippen LogP contribution in [0.4, 0.5) is 0 Å². The molecule has 0 aliphatic rings. The van der Waals surface area contributed by atoms with Crippen LogP contribution in [-0.4, -0.2) is 15.2 Å². The van der Waals surface area contributed by atoms with Crippen LogP contribution in [0.25, 0.3) is 21.5 Å². The maximum atomic E-state index is 11.1. The lowest BCUT2D eigenvalue weighted by molar-refractivity contribution is 1.06. The zero-order valence-corrected chi connectivity index (χ0v) is 8.99. The molecule has 5 heteroatoms. The number of nitrogens with one attached hydrogen (secondary N) is 1. The fourth-order valence-corrected chi connectivity index (χ4v) is 2.28. The summed E-state index contributed by atoms with van der Waals surface area (Å²) in [5.41, 5.74) is 1.84. The van der Waals surface area contributed by atoms with Gasteiger partial charge in [-0.2, -0.15) is 5.10 Å². The third-order valence-corrected chi connectivity index (χ3v) is 3.10. The number of pyridine rings is 1. The van der Waals surface area contributed by atoms with Crippen molar-refractivity contribution in [3.8, 4) is 10.6 Å². The molecule has 0 spiro atoms. The first kappa shape index (κ1) is 9.23. The molecule has 3 rings (SSSR count). The van der Waals surface area contributed by atoms with Crippen molar-refractivity contribution in [3.63, 3.8) is 0 Å². The van der Waals surface area contributed by atoms with Crippen LogP contribution in [0, 0.1) is 0 Å². The van der Waals surface area contributed by atoms with E-state index in [0.29, 0.717) is 5.01 Å². The average molecular weight is 229 g/mol. The Morgan fingerprint density at radius 1 is 1.19 bits per heavy atom. The van der Waals surface area contributed by atoms with Crippen molar-refractivity contribution in [3.05, 3.63) is 46.2 Å². The highest BCUT2D eigenvalue weighted by Gasteiger charge is 2.07. The van der Waals surface area contributed by atoms with Gasteiger partial charge in [0.25, 0.3) is 0 Å². The molecule has 16 heavy (non-hydrogen) atoms. The van der Waals surface area contributed by atoms with E-state index >= 15 is 0 Å². The van der Waals surface area contributed by atoms with Gasteiger partial charge in [-0.15, -0.1) is 0 Å². The summed E-state index contributed by atoms with van der Waals surface area (Å²) in [5, 5.41) is 8.12. The minimum atomic E-state index is -0.143. The summed E-state index contributed by atoms with van der Waals surface area (Å²) in [4.78, 5) is 15.2. The Morgan fingerprint density at radius 2 is 2.12 bits per heavy atom. The van der Waals surface area contributed by atoms with Gasteiger partial charge in [-0.05, 0) is 12.1 Å². The average Bonchev–Trinajstić information content (AvgIpc) is 2.75. The predicted octanol–water partition coefficient (Wildman–Crippen LogP) is 2.05. The van der Waals surface area contributed by atoms with Gasteiger partial charge in [0, 0.05) is 17.1 Å². The fourth-order valence-electron chi connectivity index (χ4n) is 1.63. The normalized spacial score (nSPS) is 10.8. The molecule has 4 nitrogen and oxygen atoms in total. The van der Waals surface area contributed by atoms with Crippen LogP contribution in [0.3, 0.4) is 0 Å². The minimum Gasteiger partial charge on any atom is -0.256 e. The lowest BCUT2D eigenvalue weighted by Crippen LogP contribution is -1.90. The first-order valence-electron chi connectivity index (χ1n) is 4.74. The third kappa shape index (κ3) is 1.42. The second kappa shape index (κ2) is 3.53. The van der Waals surface area contributed by atoms with Crippen LogP contribution in [0.5, 0.6) is 0 Å². The molecular formula is C11H7N3OS. The van der Waals surface area contributed by atoms with Crippen molar-refractivity contribution in [2.45, 2.75) is 0 Å². The van der Waals surface area contributed by atoms with Gasteiger partial charge in [-0.1, -0.05) is 29.5 Å². The van der Waals surface area contributed by atoms with Crippen molar-refractivity contribution in [2.24, 2.45) is 0 Å². The first-order valence-corrected chi connectivity index (χ1v) is 5.56. The Morgan fingerprint density at radius 3 is 2.94 bits per heavy atom. The summed E-state index contributed by atoms with van der Waals surface area (Å²) in [5.74, 6) is 0. The van der Waals surface area contributed by atoms with Crippen LogP contribution >= 0.6 is 11.3 Å². The molecule has 0 amide bonds. The van der Waals surface area contributed by atoms with E-state index in [1.807, 2.05) is 30.3 Å². The molecule has 0 fully saturated rings. The topological polar surface area (TPSA) is 58.6 Å². The predicted molar refractivity (Wildman–Crippen MR) is 63.5 cm³/mol. The van der Waals surface area contributed by atoms with Gasteiger partial charge >= 0.3 is 4.87 Å². The van der Waals surface area contributed by atoms with Gasteiger partial charge in [0.05, 0.1) is 5.52 Å². The molecule has 0 saturated heterocycles. The van der Waals surface area contributed by atoms with E-state index in [9.17, 15) is 4.79 Å². The third-order valence-electron chi connectivity index (χ3n) is 2.31. The number of rotatable bonds is 1. The highest BCUT2D eigenvalue weighted by atomic mass is 32.1. The van der Waals surface area contributed by atoms with Gasteiger partial charge in [-0.3, -0.25) is 9.78 Å². The summed E-state index contributed by atoms with van der Waals surface area (Å²) in [6.45, 7) is 0. The summed E-state index contributed by atoms with van der Waals surface area (Å²) in [6.07, 6.45) is 1.75. The van der Waals surface area contributed by atoms with Gasteiger partial charge in [0.1, 0.15) is 5.01 Å². The number of fused-ring (bicyclic) bond motifs is 1. The van der Waals surface area contributed by atoms with E-state index < -0.39 is 0 Å². The number of hydrogen-bond donors (Lipinski definition) is 1. The number of H-pyrrole nitrogens is 1. The van der Waals surface area contributed by atoms with E-state index in [-0.39, 0.29) is 4.87 Å². The van der Waals surface area contributed by atoms with Crippen molar-refractivity contribution in [1.29, 1.82) is 0 Å². The molecule has 2 heterocycles. The summed E-state index contributed by atoms with van der Waals surface area (Å²) < 4.78 is 0. The van der Waals surface area contributed by atoms with Crippen LogP contribution in [0.2, 0.25) is 0 Å². The number of benzene rings is 1. The Balaban J connectivity index is 2.35. The molecule has 0 aliphatic heterocycles. The van der Waals surface area contributed by atoms with Gasteiger partial charge in [0.15, 0.2) is 0 Å². The molecule has 78 valence electrons. The Bertz CT molecular complexity index is 696. The maximum absolute atomic E-state index is 11.1. The van der Waals surface area contributed by atoms with E-state index in [4.69, 9.17) is 0 Å². The highest BCUT2D eigenvalue weighted by molar-refractivity contribution is 7.12. The molecule has 1 N–H and O–H groups in total. The van der Waals surface area contributed by atoms with Crippen molar-refractivity contribution in [2.75, 3.05) is 0 Å². The van der Waals surface area contributed by atoms with E-state index in [0.717, 1.165) is 27.8 Å². The highest BCUT2D eigenvalue weighted by Crippen LogP contribution is 2.26. The summed E-state index contributed by atoms with van der Waals surface area (Å²) >= 11 is 1.11. The quantitative estimate of drug-likeness (QED) is 0.694. The zero-order chi connectivity index (χ0) is 11.0. The smallest absolute Gasteiger partial charge is 0.256 e. The number of hydrogen-bond acceptors (Lipinski definition) is 4. The van der Waals surface area contributed by atoms with Crippen LogP contribution in [0.15, 0.2) is 41.3 Å². The maximum Gasteiger partial charge on any atom is 0.322 e. The molecule has 1 aromatic carbocycles. The lowest BCUT2D eigenvalue weighted by Gasteiger charge is -2.01. The van der Waals surface area contributed by atoms with E-state index in [1.165, 1.54) is 0 Å². The largest absolute Gasteiger partial charge is 0.322 e. The Hall–Kier alpha value is -2.01. The Labute approximate surface area is 94.6 Å². The number of aromatic nitrogens is 3. The number of aromatic amines is 1. The lowest BCUT2D eigenvalue weighted by atomic mass is 10.1. The standard InChI is InChI=1S/C11H7N3OS/c15-11-14-13-10(16-11)8-3-1-5-9-7(8)4-2-6-12-9/h1-6H,(H,14,15). The number of nitrogens with zero attached hydrogens (tertiary/aromatic N) is 2. The molecule has 0 radical (unpaired) electrons. The zero-order valence-electron chi connectivity index (χ0n) is 8.18. The van der Waals surface area contributed by atoms with E-state index in [2.05, 4.69) is 15.2 Å². The molecule has 3 aromatic rings. The van der Waals surface area contributed by atoms with Gasteiger partial charge in [0.2, 0.25) is 0 Å². The molecule has 0 saturated carbocycles. The molecule has 0 bridgehead atoms. The van der Waals surface area contributed by atoms with Crippen molar-refractivity contribution < 1.29 is 0 Å². The molecule has 0 atom stereocenters. The molecular weight excluding hydrogens is 222 g/mol. The van der Waals surface area contributed by atoms with Crippen molar-refractivity contribution in [1.82, 2.24) is 15.2 Å². The first-order chi connectivity index (χ1) is 7.84. The molecule has 0 unspecified atom stereocenters. The van der Waals surface area contributed by atoms with E-state index in [1.54, 1.807) is 6.20 Å². The SMILES string of the molecule is O=c1[nH]nc(-c2cccc3ncccc23)s1. The van der Waals surface area contributed by atoms with Gasteiger partial charge in [-0.25, -0.2) is 5.10 Å². The van der Waals surface area contributed by atoms with Crippen molar-refractivity contribution >= 4 is 22.2 Å². The summed E-state index contributed by atoms with van der Waals surface area (Å²) in [7, 11) is 0. The minimum absolute atomic E-state index is 0.143. The Kier molecular flexibility index (Phi) is 2.04. The van der Waals surface area contributed by atoms with Crippen LogP contribution in [-0.2, 0) is 0 Å².